The van der Waals surface area contributed by atoms with Gasteiger partial charge in [0.15, 0.2) is 11.5 Å². The van der Waals surface area contributed by atoms with Crippen LogP contribution in [0, 0.1) is 10.1 Å². The van der Waals surface area contributed by atoms with Gasteiger partial charge in [-0.1, -0.05) is 0 Å². The smallest absolute Gasteiger partial charge is 0.293 e. The Morgan fingerprint density at radius 3 is 2.00 bits per heavy atom. The number of amides is 2. The first-order chi connectivity index (χ1) is 16.9. The minimum atomic E-state index is -0.453. The summed E-state index contributed by atoms with van der Waals surface area (Å²) in [7, 11) is 3.05. The quantitative estimate of drug-likeness (QED) is 0.487. The molecule has 2 saturated heterocycles. The van der Waals surface area contributed by atoms with E-state index in [-0.39, 0.29) is 17.5 Å². The van der Waals surface area contributed by atoms with Gasteiger partial charge >= 0.3 is 0 Å². The first-order valence-corrected chi connectivity index (χ1v) is 11.5. The molecule has 2 aliphatic heterocycles. The molecule has 1 N–H and O–H groups in total. The van der Waals surface area contributed by atoms with Crippen LogP contribution in [0.5, 0.6) is 11.5 Å². The van der Waals surface area contributed by atoms with Crippen LogP contribution in [0.15, 0.2) is 36.4 Å². The van der Waals surface area contributed by atoms with Crippen molar-refractivity contribution in [3.05, 3.63) is 57.6 Å². The number of benzene rings is 2. The van der Waals surface area contributed by atoms with E-state index in [1.165, 1.54) is 20.3 Å². The van der Waals surface area contributed by atoms with Gasteiger partial charge in [0, 0.05) is 69.6 Å². The number of carbonyl (C=O) groups is 2. The van der Waals surface area contributed by atoms with Crippen LogP contribution >= 0.6 is 0 Å². The van der Waals surface area contributed by atoms with E-state index in [2.05, 4.69) is 5.32 Å². The average molecular weight is 484 g/mol. The van der Waals surface area contributed by atoms with Crippen molar-refractivity contribution >= 4 is 23.2 Å². The van der Waals surface area contributed by atoms with Gasteiger partial charge in [-0.2, -0.15) is 0 Å². The highest BCUT2D eigenvalue weighted by Crippen LogP contribution is 2.32. The standard InChI is InChI=1S/C24H29N5O6/c1-34-21-6-4-18(16-22(21)35-2)24(31)28-13-11-26(12-14-28)19-5-3-17(15-20(19)29(32)33)23(30)27-9-7-25-8-10-27/h3-6,15-16,25H,7-14H2,1-2H3. The van der Waals surface area contributed by atoms with Crippen molar-refractivity contribution in [3.8, 4) is 11.5 Å². The maximum Gasteiger partial charge on any atom is 0.293 e. The van der Waals surface area contributed by atoms with Crippen molar-refractivity contribution in [2.24, 2.45) is 0 Å². The van der Waals surface area contributed by atoms with E-state index in [0.29, 0.717) is 80.7 Å². The lowest BCUT2D eigenvalue weighted by Crippen LogP contribution is -2.49. The number of methoxy groups -OCH3 is 2. The first kappa shape index (κ1) is 24.3. The van der Waals surface area contributed by atoms with Crippen molar-refractivity contribution in [1.29, 1.82) is 0 Å². The second-order valence-electron chi connectivity index (χ2n) is 8.35. The average Bonchev–Trinajstić information content (AvgIpc) is 2.92. The molecule has 2 aliphatic rings. The minimum Gasteiger partial charge on any atom is -0.493 e. The molecule has 35 heavy (non-hydrogen) atoms. The molecule has 0 spiro atoms. The largest absolute Gasteiger partial charge is 0.493 e. The van der Waals surface area contributed by atoms with Crippen LogP contribution in [-0.4, -0.2) is 93.1 Å². The Hall–Kier alpha value is -3.86. The number of nitro benzene ring substituents is 1. The topological polar surface area (TPSA) is 117 Å². The van der Waals surface area contributed by atoms with E-state index < -0.39 is 4.92 Å². The zero-order chi connectivity index (χ0) is 24.9. The third-order valence-corrected chi connectivity index (χ3v) is 6.36. The third-order valence-electron chi connectivity index (χ3n) is 6.36. The number of hydrogen-bond donors (Lipinski definition) is 1. The van der Waals surface area contributed by atoms with Crippen LogP contribution < -0.4 is 19.7 Å². The van der Waals surface area contributed by atoms with Crippen molar-refractivity contribution in [3.63, 3.8) is 0 Å². The Balaban J connectivity index is 1.46. The van der Waals surface area contributed by atoms with Gasteiger partial charge in [0.25, 0.3) is 17.5 Å². The molecule has 2 fully saturated rings. The Kier molecular flexibility index (Phi) is 7.35. The fourth-order valence-electron chi connectivity index (χ4n) is 4.42. The number of ether oxygens (including phenoxy) is 2. The minimum absolute atomic E-state index is 0.106. The van der Waals surface area contributed by atoms with Gasteiger partial charge in [-0.25, -0.2) is 0 Å². The molecule has 0 bridgehead atoms. The molecule has 2 amide bonds. The highest BCUT2D eigenvalue weighted by atomic mass is 16.6. The Morgan fingerprint density at radius 1 is 0.829 bits per heavy atom. The second-order valence-corrected chi connectivity index (χ2v) is 8.35. The number of carbonyl (C=O) groups excluding carboxylic acids is 2. The van der Waals surface area contributed by atoms with E-state index in [9.17, 15) is 19.7 Å². The molecule has 11 nitrogen and oxygen atoms in total. The summed E-state index contributed by atoms with van der Waals surface area (Å²) in [6.45, 7) is 4.25. The van der Waals surface area contributed by atoms with Gasteiger partial charge in [0.05, 0.1) is 19.1 Å². The van der Waals surface area contributed by atoms with Crippen LogP contribution in [0.4, 0.5) is 11.4 Å². The summed E-state index contributed by atoms with van der Waals surface area (Å²) in [6, 6.07) is 9.67. The second kappa shape index (κ2) is 10.6. The van der Waals surface area contributed by atoms with Crippen LogP contribution in [0.1, 0.15) is 20.7 Å². The summed E-state index contributed by atoms with van der Waals surface area (Å²) in [6.07, 6.45) is 0. The van der Waals surface area contributed by atoms with Gasteiger partial charge in [0.1, 0.15) is 5.69 Å². The van der Waals surface area contributed by atoms with Crippen LogP contribution in [0.2, 0.25) is 0 Å². The highest BCUT2D eigenvalue weighted by Gasteiger charge is 2.28. The first-order valence-electron chi connectivity index (χ1n) is 11.5. The lowest BCUT2D eigenvalue weighted by Gasteiger charge is -2.36. The summed E-state index contributed by atoms with van der Waals surface area (Å²) < 4.78 is 10.5. The lowest BCUT2D eigenvalue weighted by molar-refractivity contribution is -0.384. The summed E-state index contributed by atoms with van der Waals surface area (Å²) in [5, 5.41) is 15.0. The number of rotatable bonds is 6. The summed E-state index contributed by atoms with van der Waals surface area (Å²) in [5.41, 5.74) is 1.14. The molecule has 0 unspecified atom stereocenters. The van der Waals surface area contributed by atoms with E-state index in [0.717, 1.165) is 0 Å². The SMILES string of the molecule is COc1ccc(C(=O)N2CCN(c3ccc(C(=O)N4CCNCC4)cc3[N+](=O)[O-])CC2)cc1OC. The summed E-state index contributed by atoms with van der Waals surface area (Å²) >= 11 is 0. The van der Waals surface area contributed by atoms with Crippen LogP contribution in [-0.2, 0) is 0 Å². The highest BCUT2D eigenvalue weighted by molar-refractivity contribution is 5.96. The molecule has 0 radical (unpaired) electrons. The van der Waals surface area contributed by atoms with E-state index in [4.69, 9.17) is 9.47 Å². The molecule has 0 atom stereocenters. The maximum absolute atomic E-state index is 13.0. The van der Waals surface area contributed by atoms with Crippen molar-refractivity contribution < 1.29 is 24.0 Å². The molecule has 2 heterocycles. The molecular weight excluding hydrogens is 454 g/mol. The molecule has 0 saturated carbocycles. The molecule has 0 aliphatic carbocycles. The van der Waals surface area contributed by atoms with Gasteiger partial charge in [-0.05, 0) is 30.3 Å². The monoisotopic (exact) mass is 483 g/mol. The third kappa shape index (κ3) is 5.14. The van der Waals surface area contributed by atoms with Crippen molar-refractivity contribution in [2.75, 3.05) is 71.5 Å². The zero-order valence-corrected chi connectivity index (χ0v) is 19.9. The predicted octanol–water partition coefficient (Wildman–Crippen LogP) is 1.62. The molecule has 4 rings (SSSR count). The van der Waals surface area contributed by atoms with Gasteiger partial charge in [0.2, 0.25) is 0 Å². The van der Waals surface area contributed by atoms with Crippen LogP contribution in [0.25, 0.3) is 0 Å². The van der Waals surface area contributed by atoms with Gasteiger partial charge in [-0.3, -0.25) is 19.7 Å². The number of nitro groups is 1. The summed E-state index contributed by atoms with van der Waals surface area (Å²) in [5.74, 6) is 0.673. The summed E-state index contributed by atoms with van der Waals surface area (Å²) in [4.78, 5) is 42.5. The number of anilines is 1. The number of hydrogen-bond acceptors (Lipinski definition) is 8. The van der Waals surface area contributed by atoms with Gasteiger partial charge in [-0.15, -0.1) is 0 Å². The Bertz CT molecular complexity index is 1110. The van der Waals surface area contributed by atoms with E-state index in [1.807, 2.05) is 4.90 Å². The predicted molar refractivity (Wildman–Crippen MR) is 130 cm³/mol. The van der Waals surface area contributed by atoms with Crippen molar-refractivity contribution in [2.45, 2.75) is 0 Å². The number of nitrogens with zero attached hydrogens (tertiary/aromatic N) is 4. The maximum atomic E-state index is 13.0. The fraction of sp³-hybridized carbons (Fsp3) is 0.417. The molecule has 2 aromatic rings. The molecular formula is C24H29N5O6. The molecule has 0 aromatic heterocycles. The number of piperazine rings is 2. The number of nitrogens with one attached hydrogen (secondary N) is 1. The van der Waals surface area contributed by atoms with Gasteiger partial charge < -0.3 is 29.5 Å². The molecule has 186 valence electrons. The van der Waals surface area contributed by atoms with Crippen molar-refractivity contribution in [1.82, 2.24) is 15.1 Å². The Morgan fingerprint density at radius 2 is 1.40 bits per heavy atom. The van der Waals surface area contributed by atoms with Crippen LogP contribution in [0.3, 0.4) is 0 Å². The zero-order valence-electron chi connectivity index (χ0n) is 19.9. The Labute approximate surface area is 203 Å². The van der Waals surface area contributed by atoms with E-state index in [1.54, 1.807) is 40.1 Å². The van der Waals surface area contributed by atoms with E-state index >= 15 is 0 Å². The lowest BCUT2D eigenvalue weighted by atomic mass is 10.1. The normalized spacial score (nSPS) is 16.1. The molecule has 2 aromatic carbocycles. The molecule has 11 heteroatoms. The fourth-order valence-corrected chi connectivity index (χ4v) is 4.42.